The molecule has 21 heavy (non-hydrogen) atoms. The zero-order valence-electron chi connectivity index (χ0n) is 13.5. The summed E-state index contributed by atoms with van der Waals surface area (Å²) in [6.07, 6.45) is 2.57. The second-order valence-electron chi connectivity index (χ2n) is 5.83. The van der Waals surface area contributed by atoms with Gasteiger partial charge in [0.1, 0.15) is 12.2 Å². The molecule has 0 radical (unpaired) electrons. The number of nitrogens with zero attached hydrogens (tertiary/aromatic N) is 3. The molecule has 4 nitrogen and oxygen atoms in total. The Labute approximate surface area is 127 Å². The Hall–Kier alpha value is -1.68. The van der Waals surface area contributed by atoms with Crippen molar-refractivity contribution in [1.82, 2.24) is 20.1 Å². The first-order valence-electron chi connectivity index (χ1n) is 7.77. The molecule has 0 aliphatic rings. The molecule has 1 heterocycles. The largest absolute Gasteiger partial charge is 0.316 e. The van der Waals surface area contributed by atoms with Crippen LogP contribution < -0.4 is 5.32 Å². The maximum Gasteiger partial charge on any atom is 0.138 e. The van der Waals surface area contributed by atoms with Crippen LogP contribution in [0.3, 0.4) is 0 Å². The monoisotopic (exact) mass is 286 g/mol. The molecule has 1 unspecified atom stereocenters. The van der Waals surface area contributed by atoms with E-state index in [-0.39, 0.29) is 0 Å². The first-order valence-corrected chi connectivity index (χ1v) is 7.77. The van der Waals surface area contributed by atoms with E-state index in [4.69, 9.17) is 0 Å². The maximum atomic E-state index is 4.45. The molecule has 1 N–H and O–H groups in total. The number of aryl methyl sites for hydroxylation is 1. The minimum atomic E-state index is 0.348. The van der Waals surface area contributed by atoms with Crippen molar-refractivity contribution in [2.24, 2.45) is 0 Å². The predicted octanol–water partition coefficient (Wildman–Crippen LogP) is 3.10. The average molecular weight is 286 g/mol. The standard InChI is InChI=1S/C17H26N4/c1-5-18-11-16(15-8-6-14(4)7-9-15)10-17-19-12-20-21(17)13(2)3/h6-9,12-13,16,18H,5,10-11H2,1-4H3. The van der Waals surface area contributed by atoms with Gasteiger partial charge in [-0.3, -0.25) is 0 Å². The summed E-state index contributed by atoms with van der Waals surface area (Å²) in [5.74, 6) is 1.49. The lowest BCUT2D eigenvalue weighted by Gasteiger charge is -2.19. The highest BCUT2D eigenvalue weighted by Gasteiger charge is 2.16. The second-order valence-corrected chi connectivity index (χ2v) is 5.83. The Morgan fingerprint density at radius 3 is 2.52 bits per heavy atom. The van der Waals surface area contributed by atoms with E-state index in [1.54, 1.807) is 6.33 Å². The van der Waals surface area contributed by atoms with Crippen molar-refractivity contribution in [3.63, 3.8) is 0 Å². The van der Waals surface area contributed by atoms with E-state index in [9.17, 15) is 0 Å². The molecule has 0 amide bonds. The van der Waals surface area contributed by atoms with Gasteiger partial charge in [0.15, 0.2) is 0 Å². The molecule has 2 aromatic rings. The molecule has 2 rings (SSSR count). The molecule has 1 aromatic carbocycles. The van der Waals surface area contributed by atoms with Gasteiger partial charge in [0.25, 0.3) is 0 Å². The van der Waals surface area contributed by atoms with Gasteiger partial charge in [0.2, 0.25) is 0 Å². The van der Waals surface area contributed by atoms with Crippen molar-refractivity contribution in [1.29, 1.82) is 0 Å². The Bertz CT molecular complexity index is 542. The summed E-state index contributed by atoms with van der Waals surface area (Å²) >= 11 is 0. The van der Waals surface area contributed by atoms with Gasteiger partial charge >= 0.3 is 0 Å². The lowest BCUT2D eigenvalue weighted by molar-refractivity contribution is 0.484. The Morgan fingerprint density at radius 1 is 1.19 bits per heavy atom. The van der Waals surface area contributed by atoms with Crippen molar-refractivity contribution in [2.45, 2.75) is 46.1 Å². The molecular formula is C17H26N4. The number of nitrogens with one attached hydrogen (secondary N) is 1. The fourth-order valence-electron chi connectivity index (χ4n) is 2.54. The van der Waals surface area contributed by atoms with E-state index in [0.29, 0.717) is 12.0 Å². The van der Waals surface area contributed by atoms with Crippen molar-refractivity contribution < 1.29 is 0 Å². The van der Waals surface area contributed by atoms with Crippen molar-refractivity contribution in [2.75, 3.05) is 13.1 Å². The van der Waals surface area contributed by atoms with Gasteiger partial charge in [-0.2, -0.15) is 5.10 Å². The van der Waals surface area contributed by atoms with Crippen LogP contribution in [0.15, 0.2) is 30.6 Å². The van der Waals surface area contributed by atoms with Gasteiger partial charge in [0, 0.05) is 24.9 Å². The number of rotatable bonds is 7. The van der Waals surface area contributed by atoms with Crippen LogP contribution in [0.2, 0.25) is 0 Å². The number of hydrogen-bond donors (Lipinski definition) is 1. The quantitative estimate of drug-likeness (QED) is 0.850. The number of likely N-dealkylation sites (N-methyl/N-ethyl adjacent to an activating group) is 1. The smallest absolute Gasteiger partial charge is 0.138 e. The normalized spacial score (nSPS) is 12.8. The van der Waals surface area contributed by atoms with Crippen LogP contribution in [-0.4, -0.2) is 27.9 Å². The summed E-state index contributed by atoms with van der Waals surface area (Å²) in [6.45, 7) is 10.5. The third-order valence-electron chi connectivity index (χ3n) is 3.75. The summed E-state index contributed by atoms with van der Waals surface area (Å²) < 4.78 is 2.02. The lowest BCUT2D eigenvalue weighted by atomic mass is 9.94. The van der Waals surface area contributed by atoms with Crippen molar-refractivity contribution in [3.05, 3.63) is 47.5 Å². The summed E-state index contributed by atoms with van der Waals surface area (Å²) in [7, 11) is 0. The average Bonchev–Trinajstić information content (AvgIpc) is 2.93. The van der Waals surface area contributed by atoms with Crippen LogP contribution in [0.1, 0.15) is 49.7 Å². The summed E-state index contributed by atoms with van der Waals surface area (Å²) in [4.78, 5) is 4.45. The predicted molar refractivity (Wildman–Crippen MR) is 86.6 cm³/mol. The summed E-state index contributed by atoms with van der Waals surface area (Å²) in [5, 5.41) is 7.81. The van der Waals surface area contributed by atoms with Gasteiger partial charge < -0.3 is 5.32 Å². The highest BCUT2D eigenvalue weighted by Crippen LogP contribution is 2.21. The van der Waals surface area contributed by atoms with Crippen molar-refractivity contribution in [3.8, 4) is 0 Å². The fourth-order valence-corrected chi connectivity index (χ4v) is 2.54. The number of benzene rings is 1. The van der Waals surface area contributed by atoms with Crippen LogP contribution in [0.5, 0.6) is 0 Å². The SMILES string of the molecule is CCNCC(Cc1ncnn1C(C)C)c1ccc(C)cc1. The Balaban J connectivity index is 2.19. The molecule has 4 heteroatoms. The second kappa shape index (κ2) is 7.36. The topological polar surface area (TPSA) is 42.7 Å². The molecule has 0 fully saturated rings. The lowest BCUT2D eigenvalue weighted by Crippen LogP contribution is -2.24. The van der Waals surface area contributed by atoms with Gasteiger partial charge in [-0.25, -0.2) is 9.67 Å². The molecule has 0 aliphatic heterocycles. The first kappa shape index (κ1) is 15.7. The number of aromatic nitrogens is 3. The Kier molecular flexibility index (Phi) is 5.51. The molecule has 0 bridgehead atoms. The minimum absolute atomic E-state index is 0.348. The molecule has 0 spiro atoms. The van der Waals surface area contributed by atoms with Crippen LogP contribution >= 0.6 is 0 Å². The molecule has 0 saturated heterocycles. The van der Waals surface area contributed by atoms with Gasteiger partial charge in [-0.1, -0.05) is 36.8 Å². The molecule has 0 saturated carbocycles. The number of hydrogen-bond acceptors (Lipinski definition) is 3. The van der Waals surface area contributed by atoms with E-state index >= 15 is 0 Å². The molecule has 1 atom stereocenters. The zero-order valence-corrected chi connectivity index (χ0v) is 13.5. The fraction of sp³-hybridized carbons (Fsp3) is 0.529. The highest BCUT2D eigenvalue weighted by molar-refractivity contribution is 5.25. The van der Waals surface area contributed by atoms with E-state index in [1.807, 2.05) is 4.68 Å². The van der Waals surface area contributed by atoms with Crippen LogP contribution in [-0.2, 0) is 6.42 Å². The van der Waals surface area contributed by atoms with Crippen LogP contribution in [0, 0.1) is 6.92 Å². The summed E-state index contributed by atoms with van der Waals surface area (Å²) in [6, 6.07) is 9.17. The maximum absolute atomic E-state index is 4.45. The van der Waals surface area contributed by atoms with Crippen LogP contribution in [0.25, 0.3) is 0 Å². The molecule has 0 aliphatic carbocycles. The van der Waals surface area contributed by atoms with Gasteiger partial charge in [0.05, 0.1) is 0 Å². The third kappa shape index (κ3) is 4.14. The van der Waals surface area contributed by atoms with Gasteiger partial charge in [-0.05, 0) is 32.9 Å². The first-order chi connectivity index (χ1) is 10.1. The Morgan fingerprint density at radius 2 is 1.90 bits per heavy atom. The zero-order chi connectivity index (χ0) is 15.2. The van der Waals surface area contributed by atoms with E-state index in [1.165, 1.54) is 11.1 Å². The van der Waals surface area contributed by atoms with E-state index in [2.05, 4.69) is 67.4 Å². The molecular weight excluding hydrogens is 260 g/mol. The highest BCUT2D eigenvalue weighted by atomic mass is 15.3. The molecule has 1 aromatic heterocycles. The van der Waals surface area contributed by atoms with E-state index < -0.39 is 0 Å². The van der Waals surface area contributed by atoms with Crippen molar-refractivity contribution >= 4 is 0 Å². The van der Waals surface area contributed by atoms with Crippen LogP contribution in [0.4, 0.5) is 0 Å². The third-order valence-corrected chi connectivity index (χ3v) is 3.75. The minimum Gasteiger partial charge on any atom is -0.316 e. The van der Waals surface area contributed by atoms with E-state index in [0.717, 1.165) is 25.3 Å². The summed E-state index contributed by atoms with van der Waals surface area (Å²) in [5.41, 5.74) is 2.66. The molecule has 114 valence electrons. The van der Waals surface area contributed by atoms with Gasteiger partial charge in [-0.15, -0.1) is 0 Å².